The first-order valence-electron chi connectivity index (χ1n) is 5.71. The number of rotatable bonds is 4. The highest BCUT2D eigenvalue weighted by Crippen LogP contribution is 2.26. The molecule has 0 aliphatic carbocycles. The van der Waals surface area contributed by atoms with Gasteiger partial charge in [0, 0.05) is 17.6 Å². The third-order valence-corrected chi connectivity index (χ3v) is 2.81. The fourth-order valence-electron chi connectivity index (χ4n) is 2.06. The Morgan fingerprint density at radius 1 is 1.06 bits per heavy atom. The molecule has 1 aromatic carbocycles. The first kappa shape index (κ1) is 14.8. The summed E-state index contributed by atoms with van der Waals surface area (Å²) in [5.41, 5.74) is 6.87. The Balaban J connectivity index is 2.72. The number of nitrogens with zero attached hydrogens (tertiary/aromatic N) is 1. The highest BCUT2D eigenvalue weighted by Gasteiger charge is 2.32. The third kappa shape index (κ3) is 4.56. The van der Waals surface area contributed by atoms with E-state index in [2.05, 4.69) is 0 Å². The predicted molar refractivity (Wildman–Crippen MR) is 67.4 cm³/mol. The van der Waals surface area contributed by atoms with Crippen molar-refractivity contribution in [1.82, 2.24) is 4.90 Å². The molecule has 1 rings (SSSR count). The fourth-order valence-corrected chi connectivity index (χ4v) is 2.06. The van der Waals surface area contributed by atoms with Crippen molar-refractivity contribution in [2.24, 2.45) is 0 Å². The van der Waals surface area contributed by atoms with Crippen molar-refractivity contribution in [1.29, 1.82) is 0 Å². The van der Waals surface area contributed by atoms with Crippen LogP contribution in [0.5, 0.6) is 0 Å². The Morgan fingerprint density at radius 2 is 1.56 bits per heavy atom. The molecule has 0 saturated carbocycles. The van der Waals surface area contributed by atoms with Gasteiger partial charge in [0.2, 0.25) is 0 Å². The number of nitrogens with two attached hydrogens (primary N) is 1. The zero-order chi connectivity index (χ0) is 14.0. The van der Waals surface area contributed by atoms with Crippen LogP contribution in [0, 0.1) is 0 Å². The van der Waals surface area contributed by atoms with Gasteiger partial charge in [-0.3, -0.25) is 4.90 Å². The lowest BCUT2D eigenvalue weighted by Gasteiger charge is -2.31. The maximum absolute atomic E-state index is 12.3. The van der Waals surface area contributed by atoms with E-state index in [1.807, 2.05) is 26.0 Å². The van der Waals surface area contributed by atoms with Crippen LogP contribution < -0.4 is 5.73 Å². The Bertz CT molecular complexity index is 382. The van der Waals surface area contributed by atoms with E-state index >= 15 is 0 Å². The monoisotopic (exact) mass is 260 g/mol. The number of hydrogen-bond donors (Lipinski definition) is 1. The normalized spacial score (nSPS) is 13.1. The van der Waals surface area contributed by atoms with E-state index in [4.69, 9.17) is 5.73 Å². The van der Waals surface area contributed by atoms with E-state index in [-0.39, 0.29) is 5.41 Å². The highest BCUT2D eigenvalue weighted by molar-refractivity contribution is 5.41. The summed E-state index contributed by atoms with van der Waals surface area (Å²) in [6.45, 7) is 3.28. The average Bonchev–Trinajstić information content (AvgIpc) is 2.13. The molecule has 0 atom stereocenters. The molecule has 1 aromatic rings. The minimum atomic E-state index is -4.16. The Hall–Kier alpha value is -1.23. The van der Waals surface area contributed by atoms with Crippen molar-refractivity contribution in [3.05, 3.63) is 29.8 Å². The van der Waals surface area contributed by atoms with Gasteiger partial charge in [-0.05, 0) is 24.7 Å². The van der Waals surface area contributed by atoms with Gasteiger partial charge < -0.3 is 5.73 Å². The number of halogens is 3. The number of benzene rings is 1. The van der Waals surface area contributed by atoms with Crippen molar-refractivity contribution in [3.8, 4) is 0 Å². The number of anilines is 1. The van der Waals surface area contributed by atoms with Crippen LogP contribution in [0.1, 0.15) is 19.4 Å². The van der Waals surface area contributed by atoms with Crippen LogP contribution in [0.4, 0.5) is 18.9 Å². The van der Waals surface area contributed by atoms with Crippen LogP contribution >= 0.6 is 0 Å². The third-order valence-electron chi connectivity index (χ3n) is 2.81. The number of alkyl halides is 3. The zero-order valence-corrected chi connectivity index (χ0v) is 10.9. The molecule has 5 heteroatoms. The van der Waals surface area contributed by atoms with E-state index in [1.54, 1.807) is 12.1 Å². The minimum absolute atomic E-state index is 0.330. The molecule has 0 saturated heterocycles. The van der Waals surface area contributed by atoms with Crippen molar-refractivity contribution in [2.75, 3.05) is 25.9 Å². The molecule has 102 valence electrons. The SMILES string of the molecule is CN(CC(F)(F)F)CC(C)(C)c1ccc(N)cc1. The molecule has 0 bridgehead atoms. The molecule has 0 unspecified atom stereocenters. The summed E-state index contributed by atoms with van der Waals surface area (Å²) in [6, 6.07) is 7.25. The second kappa shape index (κ2) is 5.18. The molecular formula is C13H19F3N2. The van der Waals surface area contributed by atoms with E-state index < -0.39 is 12.7 Å². The van der Waals surface area contributed by atoms with Crippen molar-refractivity contribution >= 4 is 5.69 Å². The number of likely N-dealkylation sites (N-methyl/N-ethyl adjacent to an activating group) is 1. The van der Waals surface area contributed by atoms with Crippen LogP contribution in [0.2, 0.25) is 0 Å². The Kier molecular flexibility index (Phi) is 4.27. The van der Waals surface area contributed by atoms with Crippen LogP contribution in [-0.2, 0) is 5.41 Å². The minimum Gasteiger partial charge on any atom is -0.399 e. The molecule has 0 fully saturated rings. The smallest absolute Gasteiger partial charge is 0.399 e. The van der Waals surface area contributed by atoms with Gasteiger partial charge in [-0.25, -0.2) is 0 Å². The van der Waals surface area contributed by atoms with E-state index in [0.29, 0.717) is 12.2 Å². The van der Waals surface area contributed by atoms with Crippen LogP contribution in [-0.4, -0.2) is 31.2 Å². The van der Waals surface area contributed by atoms with Crippen LogP contribution in [0.15, 0.2) is 24.3 Å². The maximum atomic E-state index is 12.3. The van der Waals surface area contributed by atoms with Crippen molar-refractivity contribution in [2.45, 2.75) is 25.4 Å². The lowest BCUT2D eigenvalue weighted by Crippen LogP contribution is -2.39. The molecule has 0 radical (unpaired) electrons. The maximum Gasteiger partial charge on any atom is 0.401 e. The van der Waals surface area contributed by atoms with Gasteiger partial charge in [0.15, 0.2) is 0 Å². The number of nitrogen functional groups attached to an aromatic ring is 1. The van der Waals surface area contributed by atoms with Gasteiger partial charge >= 0.3 is 6.18 Å². The summed E-state index contributed by atoms with van der Waals surface area (Å²) in [5.74, 6) is 0. The molecule has 0 aliphatic rings. The van der Waals surface area contributed by atoms with Crippen LogP contribution in [0.25, 0.3) is 0 Å². The molecule has 0 heterocycles. The molecule has 2 nitrogen and oxygen atoms in total. The lowest BCUT2D eigenvalue weighted by molar-refractivity contribution is -0.144. The number of hydrogen-bond acceptors (Lipinski definition) is 2. The van der Waals surface area contributed by atoms with Crippen molar-refractivity contribution in [3.63, 3.8) is 0 Å². The summed E-state index contributed by atoms with van der Waals surface area (Å²) in [5, 5.41) is 0. The van der Waals surface area contributed by atoms with E-state index in [9.17, 15) is 13.2 Å². The molecule has 2 N–H and O–H groups in total. The molecule has 0 aliphatic heterocycles. The van der Waals surface area contributed by atoms with Gasteiger partial charge in [0.1, 0.15) is 0 Å². The molecular weight excluding hydrogens is 241 g/mol. The van der Waals surface area contributed by atoms with Gasteiger partial charge in [0.25, 0.3) is 0 Å². The standard InChI is InChI=1S/C13H19F3N2/c1-12(2,8-18(3)9-13(14,15)16)10-4-6-11(17)7-5-10/h4-7H,8-9,17H2,1-3H3. The van der Waals surface area contributed by atoms with Crippen molar-refractivity contribution < 1.29 is 13.2 Å². The summed E-state index contributed by atoms with van der Waals surface area (Å²) < 4.78 is 36.8. The quantitative estimate of drug-likeness (QED) is 0.843. The zero-order valence-electron chi connectivity index (χ0n) is 10.9. The first-order chi connectivity index (χ1) is 8.10. The first-order valence-corrected chi connectivity index (χ1v) is 5.71. The largest absolute Gasteiger partial charge is 0.401 e. The summed E-state index contributed by atoms with van der Waals surface area (Å²) >= 11 is 0. The lowest BCUT2D eigenvalue weighted by atomic mass is 9.84. The summed E-state index contributed by atoms with van der Waals surface area (Å²) in [4.78, 5) is 1.29. The van der Waals surface area contributed by atoms with Gasteiger partial charge in [-0.15, -0.1) is 0 Å². The molecule has 0 amide bonds. The van der Waals surface area contributed by atoms with E-state index in [0.717, 1.165) is 5.56 Å². The Morgan fingerprint density at radius 3 is 2.00 bits per heavy atom. The second-order valence-corrected chi connectivity index (χ2v) is 5.29. The Labute approximate surface area is 106 Å². The topological polar surface area (TPSA) is 29.3 Å². The molecule has 0 spiro atoms. The fraction of sp³-hybridized carbons (Fsp3) is 0.538. The molecule has 18 heavy (non-hydrogen) atoms. The summed E-state index contributed by atoms with van der Waals surface area (Å²) in [7, 11) is 1.48. The molecule has 0 aromatic heterocycles. The highest BCUT2D eigenvalue weighted by atomic mass is 19.4. The van der Waals surface area contributed by atoms with Gasteiger partial charge in [0.05, 0.1) is 6.54 Å². The average molecular weight is 260 g/mol. The summed E-state index contributed by atoms with van der Waals surface area (Å²) in [6.07, 6.45) is -4.16. The van der Waals surface area contributed by atoms with E-state index in [1.165, 1.54) is 11.9 Å². The van der Waals surface area contributed by atoms with Crippen LogP contribution in [0.3, 0.4) is 0 Å². The van der Waals surface area contributed by atoms with Gasteiger partial charge in [-0.1, -0.05) is 26.0 Å². The second-order valence-electron chi connectivity index (χ2n) is 5.29. The predicted octanol–water partition coefficient (Wildman–Crippen LogP) is 3.04. The van der Waals surface area contributed by atoms with Gasteiger partial charge in [-0.2, -0.15) is 13.2 Å².